The molecule has 0 spiro atoms. The van der Waals surface area contributed by atoms with Crippen molar-refractivity contribution >= 4 is 17.7 Å². The number of carbonyl (C=O) groups excluding carboxylic acids is 1. The van der Waals surface area contributed by atoms with Gasteiger partial charge in [-0.15, -0.1) is 0 Å². The first-order valence-electron chi connectivity index (χ1n) is 7.80. The van der Waals surface area contributed by atoms with Crippen LogP contribution in [0.4, 0.5) is 4.79 Å². The van der Waals surface area contributed by atoms with Crippen LogP contribution in [0.5, 0.6) is 0 Å². The summed E-state index contributed by atoms with van der Waals surface area (Å²) in [6.07, 6.45) is 2.61. The molecule has 1 amide bonds. The molecule has 2 rings (SSSR count). The molecule has 5 heteroatoms. The maximum absolute atomic E-state index is 11.8. The molecule has 0 radical (unpaired) electrons. The van der Waals surface area contributed by atoms with Gasteiger partial charge in [-0.1, -0.05) is 29.8 Å². The Morgan fingerprint density at radius 2 is 1.95 bits per heavy atom. The Morgan fingerprint density at radius 1 is 1.27 bits per heavy atom. The Bertz CT molecular complexity index is 514. The Balaban J connectivity index is 1.74. The lowest BCUT2D eigenvalue weighted by atomic mass is 10.2. The molecule has 0 heterocycles. The van der Waals surface area contributed by atoms with Gasteiger partial charge >= 0.3 is 6.09 Å². The summed E-state index contributed by atoms with van der Waals surface area (Å²) in [4.78, 5) is 11.8. The SMILES string of the molecule is CC(C)(C)OC(=O)NC1CCC(NCc2ccccc2Cl)C1. The van der Waals surface area contributed by atoms with Gasteiger partial charge in [-0.2, -0.15) is 0 Å². The predicted molar refractivity (Wildman–Crippen MR) is 89.1 cm³/mol. The molecule has 0 saturated heterocycles. The smallest absolute Gasteiger partial charge is 0.407 e. The monoisotopic (exact) mass is 324 g/mol. The van der Waals surface area contributed by atoms with E-state index in [1.807, 2.05) is 45.0 Å². The molecule has 1 fully saturated rings. The Labute approximate surface area is 137 Å². The highest BCUT2D eigenvalue weighted by Gasteiger charge is 2.27. The van der Waals surface area contributed by atoms with Gasteiger partial charge in [0.2, 0.25) is 0 Å². The van der Waals surface area contributed by atoms with Crippen LogP contribution < -0.4 is 10.6 Å². The van der Waals surface area contributed by atoms with Gasteiger partial charge in [0.25, 0.3) is 0 Å². The molecule has 0 aromatic heterocycles. The van der Waals surface area contributed by atoms with Crippen molar-refractivity contribution in [1.29, 1.82) is 0 Å². The lowest BCUT2D eigenvalue weighted by molar-refractivity contribution is 0.0505. The number of amides is 1. The van der Waals surface area contributed by atoms with E-state index in [9.17, 15) is 4.79 Å². The van der Waals surface area contributed by atoms with E-state index in [0.717, 1.165) is 36.4 Å². The van der Waals surface area contributed by atoms with Gasteiger partial charge in [-0.25, -0.2) is 4.79 Å². The second kappa shape index (κ2) is 7.34. The van der Waals surface area contributed by atoms with E-state index >= 15 is 0 Å². The van der Waals surface area contributed by atoms with Crippen molar-refractivity contribution in [2.75, 3.05) is 0 Å². The van der Waals surface area contributed by atoms with Crippen molar-refractivity contribution in [1.82, 2.24) is 10.6 Å². The fraction of sp³-hybridized carbons (Fsp3) is 0.588. The highest BCUT2D eigenvalue weighted by molar-refractivity contribution is 6.31. The van der Waals surface area contributed by atoms with Crippen molar-refractivity contribution in [3.05, 3.63) is 34.9 Å². The van der Waals surface area contributed by atoms with E-state index in [1.54, 1.807) is 0 Å². The van der Waals surface area contributed by atoms with Crippen molar-refractivity contribution < 1.29 is 9.53 Å². The van der Waals surface area contributed by atoms with Crippen LogP contribution in [0.25, 0.3) is 0 Å². The van der Waals surface area contributed by atoms with Crippen molar-refractivity contribution in [3.8, 4) is 0 Å². The third-order valence-electron chi connectivity index (χ3n) is 3.69. The summed E-state index contributed by atoms with van der Waals surface area (Å²) in [6.45, 7) is 6.36. The molecule has 2 unspecified atom stereocenters. The van der Waals surface area contributed by atoms with Crippen LogP contribution in [0.3, 0.4) is 0 Å². The topological polar surface area (TPSA) is 50.4 Å². The standard InChI is InChI=1S/C17H25ClN2O2/c1-17(2,3)22-16(21)20-14-9-8-13(10-14)19-11-12-6-4-5-7-15(12)18/h4-7,13-14,19H,8-11H2,1-3H3,(H,20,21). The van der Waals surface area contributed by atoms with Crippen LogP contribution in [-0.2, 0) is 11.3 Å². The van der Waals surface area contributed by atoms with E-state index in [-0.39, 0.29) is 12.1 Å². The minimum Gasteiger partial charge on any atom is -0.444 e. The molecule has 122 valence electrons. The molecule has 1 aromatic carbocycles. The Morgan fingerprint density at radius 3 is 2.64 bits per heavy atom. The summed E-state index contributed by atoms with van der Waals surface area (Å²) in [5, 5.41) is 7.25. The average molecular weight is 325 g/mol. The number of ether oxygens (including phenoxy) is 1. The zero-order chi connectivity index (χ0) is 16.2. The van der Waals surface area contributed by atoms with Gasteiger partial charge < -0.3 is 15.4 Å². The quantitative estimate of drug-likeness (QED) is 0.883. The lowest BCUT2D eigenvalue weighted by Crippen LogP contribution is -2.38. The van der Waals surface area contributed by atoms with Gasteiger partial charge in [-0.3, -0.25) is 0 Å². The van der Waals surface area contributed by atoms with Crippen molar-refractivity contribution in [2.24, 2.45) is 0 Å². The molecule has 4 nitrogen and oxygen atoms in total. The second-order valence-electron chi connectivity index (χ2n) is 6.83. The van der Waals surface area contributed by atoms with Gasteiger partial charge in [-0.05, 0) is 51.7 Å². The predicted octanol–water partition coefficient (Wildman–Crippen LogP) is 3.88. The third kappa shape index (κ3) is 5.50. The molecule has 2 atom stereocenters. The number of carbonyl (C=O) groups is 1. The van der Waals surface area contributed by atoms with Gasteiger partial charge in [0.05, 0.1) is 0 Å². The van der Waals surface area contributed by atoms with Crippen LogP contribution in [0.15, 0.2) is 24.3 Å². The number of benzene rings is 1. The molecule has 2 N–H and O–H groups in total. The second-order valence-corrected chi connectivity index (χ2v) is 7.23. The van der Waals surface area contributed by atoms with Crippen LogP contribution in [0, 0.1) is 0 Å². The number of alkyl carbamates (subject to hydrolysis) is 1. The van der Waals surface area contributed by atoms with Crippen LogP contribution in [-0.4, -0.2) is 23.8 Å². The third-order valence-corrected chi connectivity index (χ3v) is 4.06. The molecule has 1 aliphatic carbocycles. The van der Waals surface area contributed by atoms with Gasteiger partial charge in [0.15, 0.2) is 0 Å². The molecular formula is C17H25ClN2O2. The zero-order valence-corrected chi connectivity index (χ0v) is 14.2. The normalized spacial score (nSPS) is 21.6. The minimum absolute atomic E-state index is 0.179. The highest BCUT2D eigenvalue weighted by Crippen LogP contribution is 2.21. The Kier molecular flexibility index (Phi) is 5.70. The zero-order valence-electron chi connectivity index (χ0n) is 13.5. The van der Waals surface area contributed by atoms with Crippen LogP contribution in [0.1, 0.15) is 45.6 Å². The number of nitrogens with one attached hydrogen (secondary N) is 2. The molecule has 0 aliphatic heterocycles. The van der Waals surface area contributed by atoms with E-state index < -0.39 is 5.60 Å². The first kappa shape index (κ1) is 17.1. The molecular weight excluding hydrogens is 300 g/mol. The fourth-order valence-electron chi connectivity index (χ4n) is 2.67. The molecule has 1 aliphatic rings. The summed E-state index contributed by atoms with van der Waals surface area (Å²) in [7, 11) is 0. The minimum atomic E-state index is -0.454. The van der Waals surface area contributed by atoms with E-state index in [2.05, 4.69) is 10.6 Å². The Hall–Kier alpha value is -1.26. The van der Waals surface area contributed by atoms with Crippen LogP contribution in [0.2, 0.25) is 5.02 Å². The summed E-state index contributed by atoms with van der Waals surface area (Å²) in [5.41, 5.74) is 0.650. The number of rotatable bonds is 4. The summed E-state index contributed by atoms with van der Waals surface area (Å²) in [5.74, 6) is 0. The fourth-order valence-corrected chi connectivity index (χ4v) is 2.87. The maximum atomic E-state index is 11.8. The largest absolute Gasteiger partial charge is 0.444 e. The van der Waals surface area contributed by atoms with E-state index in [4.69, 9.17) is 16.3 Å². The number of halogens is 1. The average Bonchev–Trinajstić information content (AvgIpc) is 2.83. The van der Waals surface area contributed by atoms with Crippen molar-refractivity contribution in [2.45, 2.75) is 64.3 Å². The molecule has 22 heavy (non-hydrogen) atoms. The highest BCUT2D eigenvalue weighted by atomic mass is 35.5. The molecule has 0 bridgehead atoms. The number of hydrogen-bond acceptors (Lipinski definition) is 3. The van der Waals surface area contributed by atoms with E-state index in [1.165, 1.54) is 0 Å². The number of hydrogen-bond donors (Lipinski definition) is 2. The summed E-state index contributed by atoms with van der Waals surface area (Å²) >= 11 is 6.16. The van der Waals surface area contributed by atoms with Crippen molar-refractivity contribution in [3.63, 3.8) is 0 Å². The van der Waals surface area contributed by atoms with E-state index in [0.29, 0.717) is 6.04 Å². The summed E-state index contributed by atoms with van der Waals surface area (Å²) in [6, 6.07) is 8.43. The first-order valence-corrected chi connectivity index (χ1v) is 8.17. The van der Waals surface area contributed by atoms with Crippen LogP contribution >= 0.6 is 11.6 Å². The maximum Gasteiger partial charge on any atom is 0.407 e. The van der Waals surface area contributed by atoms with Gasteiger partial charge in [0, 0.05) is 23.7 Å². The summed E-state index contributed by atoms with van der Waals surface area (Å²) < 4.78 is 5.29. The lowest BCUT2D eigenvalue weighted by Gasteiger charge is -2.22. The molecule has 1 saturated carbocycles. The molecule has 1 aromatic rings. The first-order chi connectivity index (χ1) is 10.3. The van der Waals surface area contributed by atoms with Gasteiger partial charge in [0.1, 0.15) is 5.60 Å².